The van der Waals surface area contributed by atoms with E-state index in [1.165, 1.54) is 4.90 Å². The zero-order valence-corrected chi connectivity index (χ0v) is 14.5. The average molecular weight is 351 g/mol. The summed E-state index contributed by atoms with van der Waals surface area (Å²) in [5.74, 6) is -0.794. The monoisotopic (exact) mass is 351 g/mol. The number of nitrogens with zero attached hydrogens (tertiary/aromatic N) is 1. The van der Waals surface area contributed by atoms with Gasteiger partial charge in [-0.15, -0.1) is 0 Å². The second-order valence-electron chi connectivity index (χ2n) is 6.31. The summed E-state index contributed by atoms with van der Waals surface area (Å²) in [6.07, 6.45) is 1.53. The van der Waals surface area contributed by atoms with E-state index in [2.05, 4.69) is 0 Å². The lowest BCUT2D eigenvalue weighted by molar-refractivity contribution is -0.145. The van der Waals surface area contributed by atoms with Crippen LogP contribution in [0.1, 0.15) is 41.6 Å². The first-order valence-electron chi connectivity index (χ1n) is 8.76. The fourth-order valence-electron chi connectivity index (χ4n) is 3.11. The summed E-state index contributed by atoms with van der Waals surface area (Å²) in [4.78, 5) is 38.1. The van der Waals surface area contributed by atoms with Crippen LogP contribution in [0.5, 0.6) is 0 Å². The van der Waals surface area contributed by atoms with Crippen molar-refractivity contribution in [2.24, 2.45) is 0 Å². The Morgan fingerprint density at radius 2 is 1.65 bits per heavy atom. The van der Waals surface area contributed by atoms with Gasteiger partial charge in [-0.05, 0) is 30.5 Å². The molecule has 2 amide bonds. The Labute approximate surface area is 152 Å². The van der Waals surface area contributed by atoms with E-state index in [9.17, 15) is 14.4 Å². The molecule has 0 aromatic heterocycles. The van der Waals surface area contributed by atoms with Gasteiger partial charge in [-0.1, -0.05) is 48.5 Å². The number of imide groups is 1. The van der Waals surface area contributed by atoms with Gasteiger partial charge in [-0.3, -0.25) is 19.3 Å². The summed E-state index contributed by atoms with van der Waals surface area (Å²) in [5.41, 5.74) is 1.41. The van der Waals surface area contributed by atoms with Gasteiger partial charge in [0.15, 0.2) is 0 Å². The molecule has 1 unspecified atom stereocenters. The molecule has 2 aromatic carbocycles. The molecule has 134 valence electrons. The Morgan fingerprint density at radius 3 is 2.35 bits per heavy atom. The van der Waals surface area contributed by atoms with Gasteiger partial charge in [-0.2, -0.15) is 0 Å². The molecule has 0 bridgehead atoms. The molecule has 1 heterocycles. The van der Waals surface area contributed by atoms with Gasteiger partial charge in [0.1, 0.15) is 6.61 Å². The third kappa shape index (κ3) is 4.36. The minimum absolute atomic E-state index is 0.179. The van der Waals surface area contributed by atoms with Crippen LogP contribution in [0.25, 0.3) is 0 Å². The molecule has 1 fully saturated rings. The highest BCUT2D eigenvalue weighted by atomic mass is 16.5. The molecule has 0 radical (unpaired) electrons. The standard InChI is InChI=1S/C21H21NO4/c23-19-13-11-18(22(19)21(25)17-9-5-2-6-10-17)12-14-20(24)26-15-16-7-3-1-4-8-16/h1-10,18H,11-15H2. The van der Waals surface area contributed by atoms with Crippen LogP contribution < -0.4 is 0 Å². The predicted molar refractivity (Wildman–Crippen MR) is 96.1 cm³/mol. The Kier molecular flexibility index (Phi) is 5.79. The van der Waals surface area contributed by atoms with Crippen LogP contribution in [0.3, 0.4) is 0 Å². The molecule has 5 heteroatoms. The Hall–Kier alpha value is -2.95. The summed E-state index contributed by atoms with van der Waals surface area (Å²) >= 11 is 0. The first kappa shape index (κ1) is 17.9. The maximum absolute atomic E-state index is 12.6. The molecule has 1 aliphatic heterocycles. The van der Waals surface area contributed by atoms with Crippen molar-refractivity contribution in [3.8, 4) is 0 Å². The lowest BCUT2D eigenvalue weighted by atomic mass is 10.1. The highest BCUT2D eigenvalue weighted by molar-refractivity contribution is 6.06. The third-order valence-electron chi connectivity index (χ3n) is 4.49. The minimum Gasteiger partial charge on any atom is -0.461 e. The van der Waals surface area contributed by atoms with E-state index < -0.39 is 0 Å². The van der Waals surface area contributed by atoms with Crippen molar-refractivity contribution in [3.05, 3.63) is 71.8 Å². The molecule has 1 aliphatic rings. The topological polar surface area (TPSA) is 63.7 Å². The number of hydrogen-bond donors (Lipinski definition) is 0. The van der Waals surface area contributed by atoms with Crippen molar-refractivity contribution in [2.75, 3.05) is 0 Å². The normalized spacial score (nSPS) is 16.5. The van der Waals surface area contributed by atoms with Crippen molar-refractivity contribution in [1.82, 2.24) is 4.90 Å². The molecule has 5 nitrogen and oxygen atoms in total. The summed E-state index contributed by atoms with van der Waals surface area (Å²) < 4.78 is 5.27. The Bertz CT molecular complexity index is 773. The molecule has 0 N–H and O–H groups in total. The first-order valence-corrected chi connectivity index (χ1v) is 8.76. The van der Waals surface area contributed by atoms with Crippen molar-refractivity contribution in [2.45, 2.75) is 38.3 Å². The van der Waals surface area contributed by atoms with Gasteiger partial charge >= 0.3 is 5.97 Å². The first-order chi connectivity index (χ1) is 12.6. The smallest absolute Gasteiger partial charge is 0.306 e. The molecule has 1 saturated heterocycles. The van der Waals surface area contributed by atoms with E-state index in [0.29, 0.717) is 24.8 Å². The molecule has 2 aromatic rings. The number of carbonyl (C=O) groups excluding carboxylic acids is 3. The molecule has 0 aliphatic carbocycles. The summed E-state index contributed by atoms with van der Waals surface area (Å²) in [6.45, 7) is 0.232. The van der Waals surface area contributed by atoms with Gasteiger partial charge in [0, 0.05) is 24.4 Å². The van der Waals surface area contributed by atoms with Gasteiger partial charge in [0.05, 0.1) is 0 Å². The molecular weight excluding hydrogens is 330 g/mol. The highest BCUT2D eigenvalue weighted by Gasteiger charge is 2.36. The van der Waals surface area contributed by atoms with Gasteiger partial charge < -0.3 is 4.74 Å². The number of likely N-dealkylation sites (tertiary alicyclic amines) is 1. The van der Waals surface area contributed by atoms with Crippen molar-refractivity contribution < 1.29 is 19.1 Å². The number of carbonyl (C=O) groups is 3. The highest BCUT2D eigenvalue weighted by Crippen LogP contribution is 2.25. The lowest BCUT2D eigenvalue weighted by Gasteiger charge is -2.22. The largest absolute Gasteiger partial charge is 0.461 e. The number of amides is 2. The third-order valence-corrected chi connectivity index (χ3v) is 4.49. The second kappa shape index (κ2) is 8.43. The average Bonchev–Trinajstić information content (AvgIpc) is 3.06. The van der Waals surface area contributed by atoms with Gasteiger partial charge in [0.2, 0.25) is 5.91 Å². The van der Waals surface area contributed by atoms with Crippen molar-refractivity contribution in [1.29, 1.82) is 0 Å². The van der Waals surface area contributed by atoms with Crippen molar-refractivity contribution in [3.63, 3.8) is 0 Å². The summed E-state index contributed by atoms with van der Waals surface area (Å²) in [7, 11) is 0. The molecule has 0 saturated carbocycles. The maximum atomic E-state index is 12.6. The second-order valence-corrected chi connectivity index (χ2v) is 6.31. The number of benzene rings is 2. The van der Waals surface area contributed by atoms with E-state index in [-0.39, 0.29) is 36.9 Å². The Morgan fingerprint density at radius 1 is 1.00 bits per heavy atom. The zero-order valence-electron chi connectivity index (χ0n) is 14.5. The van der Waals surface area contributed by atoms with E-state index >= 15 is 0 Å². The number of hydrogen-bond acceptors (Lipinski definition) is 4. The van der Waals surface area contributed by atoms with Crippen LogP contribution in [0, 0.1) is 0 Å². The predicted octanol–water partition coefficient (Wildman–Crippen LogP) is 3.34. The number of ether oxygens (including phenoxy) is 1. The summed E-state index contributed by atoms with van der Waals surface area (Å²) in [5, 5.41) is 0. The van der Waals surface area contributed by atoms with Crippen LogP contribution in [0.4, 0.5) is 0 Å². The number of esters is 1. The van der Waals surface area contributed by atoms with Crippen LogP contribution in [-0.2, 0) is 20.9 Å². The molecule has 1 atom stereocenters. The van der Waals surface area contributed by atoms with Gasteiger partial charge in [-0.25, -0.2) is 0 Å². The molecule has 26 heavy (non-hydrogen) atoms. The number of rotatable bonds is 6. The van der Waals surface area contributed by atoms with E-state index in [4.69, 9.17) is 4.74 Å². The Balaban J connectivity index is 1.54. The van der Waals surface area contributed by atoms with Crippen LogP contribution in [0.2, 0.25) is 0 Å². The van der Waals surface area contributed by atoms with E-state index in [1.807, 2.05) is 36.4 Å². The fourth-order valence-corrected chi connectivity index (χ4v) is 3.11. The quantitative estimate of drug-likeness (QED) is 0.591. The molecule has 3 rings (SSSR count). The lowest BCUT2D eigenvalue weighted by Crippen LogP contribution is -2.39. The minimum atomic E-state index is -0.319. The van der Waals surface area contributed by atoms with Gasteiger partial charge in [0.25, 0.3) is 5.91 Å². The van der Waals surface area contributed by atoms with Crippen molar-refractivity contribution >= 4 is 17.8 Å². The van der Waals surface area contributed by atoms with E-state index in [0.717, 1.165) is 5.56 Å². The van der Waals surface area contributed by atoms with Crippen LogP contribution in [0.15, 0.2) is 60.7 Å². The van der Waals surface area contributed by atoms with E-state index in [1.54, 1.807) is 24.3 Å². The summed E-state index contributed by atoms with van der Waals surface area (Å²) in [6, 6.07) is 18.0. The van der Waals surface area contributed by atoms with Crippen LogP contribution in [-0.4, -0.2) is 28.7 Å². The molecule has 0 spiro atoms. The fraction of sp³-hybridized carbons (Fsp3) is 0.286. The molecular formula is C21H21NO4. The van der Waals surface area contributed by atoms with Crippen LogP contribution >= 0.6 is 0 Å². The SMILES string of the molecule is O=C(CCC1CCC(=O)N1C(=O)c1ccccc1)OCc1ccccc1. The maximum Gasteiger partial charge on any atom is 0.306 e. The zero-order chi connectivity index (χ0) is 18.4.